The molecule has 0 bridgehead atoms. The van der Waals surface area contributed by atoms with E-state index in [1.165, 1.54) is 0 Å². The maximum atomic E-state index is 11.7. The summed E-state index contributed by atoms with van der Waals surface area (Å²) in [6.07, 6.45) is -14.6. The molecule has 0 radical (unpaired) electrons. The molecule has 1 unspecified atom stereocenters. The van der Waals surface area contributed by atoms with Crippen molar-refractivity contribution in [3.63, 3.8) is 0 Å². The van der Waals surface area contributed by atoms with Gasteiger partial charge in [-0.15, -0.1) is 0 Å². The van der Waals surface area contributed by atoms with Gasteiger partial charge < -0.3 is 45.3 Å². The van der Waals surface area contributed by atoms with Crippen molar-refractivity contribution in [3.8, 4) is 0 Å². The fourth-order valence-electron chi connectivity index (χ4n) is 2.01. The molecule has 0 spiro atoms. The summed E-state index contributed by atoms with van der Waals surface area (Å²) < 4.78 is 35.5. The standard InChI is InChI=1S/C9H20O14P2/c10-1-3(11)2-21-25(19,20)23-9-6(14)4(12)5(13)8(7(9)15)22-24(16,17)18/h3-15H,1-2H2,(H,19,20)(H2,16,17,18)/t3-,4+,5+,6+,7+,8-,9+/m0/s1. The number of hydrogen-bond acceptors (Lipinski definition) is 11. The van der Waals surface area contributed by atoms with Gasteiger partial charge in [0.05, 0.1) is 13.2 Å². The van der Waals surface area contributed by atoms with Gasteiger partial charge in [0.15, 0.2) is 0 Å². The van der Waals surface area contributed by atoms with Gasteiger partial charge in [0.1, 0.15) is 42.7 Å². The third-order valence-corrected chi connectivity index (χ3v) is 4.70. The van der Waals surface area contributed by atoms with Crippen molar-refractivity contribution >= 4 is 15.6 Å². The van der Waals surface area contributed by atoms with Gasteiger partial charge >= 0.3 is 15.6 Å². The van der Waals surface area contributed by atoms with Crippen molar-refractivity contribution < 1.29 is 68.0 Å². The van der Waals surface area contributed by atoms with Gasteiger partial charge in [0.2, 0.25) is 0 Å². The Hall–Kier alpha value is -0.0200. The van der Waals surface area contributed by atoms with Gasteiger partial charge in [-0.3, -0.25) is 13.6 Å². The van der Waals surface area contributed by atoms with Crippen LogP contribution in [0.1, 0.15) is 0 Å². The van der Waals surface area contributed by atoms with Crippen LogP contribution in [0.25, 0.3) is 0 Å². The predicted octanol–water partition coefficient (Wildman–Crippen LogP) is -4.22. The molecule has 9 N–H and O–H groups in total. The third kappa shape index (κ3) is 6.57. The molecule has 1 aliphatic rings. The first-order valence-corrected chi connectivity index (χ1v) is 9.72. The van der Waals surface area contributed by atoms with Crippen LogP contribution in [0.3, 0.4) is 0 Å². The van der Waals surface area contributed by atoms with E-state index in [0.717, 1.165) is 0 Å². The molecule has 0 amide bonds. The summed E-state index contributed by atoms with van der Waals surface area (Å²) in [6, 6.07) is 0. The molecule has 0 aromatic heterocycles. The summed E-state index contributed by atoms with van der Waals surface area (Å²) in [5.74, 6) is 0. The Bertz CT molecular complexity index is 522. The summed E-state index contributed by atoms with van der Waals surface area (Å²) in [5.41, 5.74) is 0. The van der Waals surface area contributed by atoms with Crippen LogP contribution >= 0.6 is 15.6 Å². The van der Waals surface area contributed by atoms with Gasteiger partial charge in [0, 0.05) is 0 Å². The van der Waals surface area contributed by atoms with Crippen LogP contribution in [0.4, 0.5) is 0 Å². The minimum absolute atomic E-state index is 0.808. The molecule has 0 saturated heterocycles. The van der Waals surface area contributed by atoms with Crippen molar-refractivity contribution in [3.05, 3.63) is 0 Å². The highest BCUT2D eigenvalue weighted by Crippen LogP contribution is 2.48. The number of aliphatic hydroxyl groups is 6. The Morgan fingerprint density at radius 3 is 1.76 bits per heavy atom. The zero-order chi connectivity index (χ0) is 19.6. The molecule has 1 aliphatic carbocycles. The van der Waals surface area contributed by atoms with E-state index < -0.39 is 71.6 Å². The van der Waals surface area contributed by atoms with Crippen LogP contribution < -0.4 is 0 Å². The van der Waals surface area contributed by atoms with E-state index in [1.807, 2.05) is 0 Å². The van der Waals surface area contributed by atoms with Gasteiger partial charge in [0.25, 0.3) is 0 Å². The molecule has 14 nitrogen and oxygen atoms in total. The average molecular weight is 414 g/mol. The molecule has 1 saturated carbocycles. The van der Waals surface area contributed by atoms with Gasteiger partial charge in [-0.25, -0.2) is 9.13 Å². The predicted molar refractivity (Wildman–Crippen MR) is 74.7 cm³/mol. The lowest BCUT2D eigenvalue weighted by molar-refractivity contribution is -0.216. The highest BCUT2D eigenvalue weighted by Gasteiger charge is 2.54. The van der Waals surface area contributed by atoms with E-state index in [0.29, 0.717) is 0 Å². The summed E-state index contributed by atoms with van der Waals surface area (Å²) in [5, 5.41) is 56.6. The van der Waals surface area contributed by atoms with E-state index in [9.17, 15) is 34.4 Å². The van der Waals surface area contributed by atoms with Crippen molar-refractivity contribution in [1.29, 1.82) is 0 Å². The molecule has 8 atom stereocenters. The zero-order valence-corrected chi connectivity index (χ0v) is 14.2. The summed E-state index contributed by atoms with van der Waals surface area (Å²) >= 11 is 0. The maximum absolute atomic E-state index is 11.7. The number of phosphoric ester groups is 2. The van der Waals surface area contributed by atoms with E-state index in [1.54, 1.807) is 0 Å². The Labute approximate surface area is 140 Å². The molecule has 150 valence electrons. The first-order chi connectivity index (χ1) is 11.3. The molecular weight excluding hydrogens is 394 g/mol. The van der Waals surface area contributed by atoms with E-state index >= 15 is 0 Å². The third-order valence-electron chi connectivity index (χ3n) is 3.20. The SMILES string of the molecule is O=P(O)(O)O[C@@H]1[C@@H](O)[C@H](OP(=O)(O)OC[C@@H](O)CO)[C@H](O)[C@H](O)[C@H]1O. The molecular formula is C9H20O14P2. The smallest absolute Gasteiger partial charge is 0.394 e. The number of phosphoric acid groups is 2. The van der Waals surface area contributed by atoms with E-state index in [-0.39, 0.29) is 0 Å². The molecule has 16 heteroatoms. The second-order valence-corrected chi connectivity index (χ2v) is 7.79. The minimum Gasteiger partial charge on any atom is -0.394 e. The minimum atomic E-state index is -5.25. The van der Waals surface area contributed by atoms with E-state index in [4.69, 9.17) is 20.0 Å². The fourth-order valence-corrected chi connectivity index (χ4v) is 3.55. The fraction of sp³-hybridized carbons (Fsp3) is 1.00. The van der Waals surface area contributed by atoms with Crippen LogP contribution in [0.15, 0.2) is 0 Å². The highest BCUT2D eigenvalue weighted by atomic mass is 31.2. The normalized spacial score (nSPS) is 37.5. The zero-order valence-electron chi connectivity index (χ0n) is 12.4. The topological polar surface area (TPSA) is 244 Å². The molecule has 1 rings (SSSR count). The quantitative estimate of drug-likeness (QED) is 0.171. The van der Waals surface area contributed by atoms with Crippen molar-refractivity contribution in [2.24, 2.45) is 0 Å². The Morgan fingerprint density at radius 2 is 1.32 bits per heavy atom. The summed E-state index contributed by atoms with van der Waals surface area (Å²) in [7, 11) is -10.3. The van der Waals surface area contributed by atoms with Crippen LogP contribution in [0.5, 0.6) is 0 Å². The average Bonchev–Trinajstić information content (AvgIpc) is 2.50. The lowest BCUT2D eigenvalue weighted by Crippen LogP contribution is -2.64. The van der Waals surface area contributed by atoms with Crippen molar-refractivity contribution in [2.75, 3.05) is 13.2 Å². The lowest BCUT2D eigenvalue weighted by atomic mass is 9.85. The van der Waals surface area contributed by atoms with E-state index in [2.05, 4.69) is 13.6 Å². The second-order valence-electron chi connectivity index (χ2n) is 5.19. The first-order valence-electron chi connectivity index (χ1n) is 6.70. The Morgan fingerprint density at radius 1 is 0.840 bits per heavy atom. The lowest BCUT2D eigenvalue weighted by Gasteiger charge is -2.43. The molecule has 25 heavy (non-hydrogen) atoms. The van der Waals surface area contributed by atoms with Crippen molar-refractivity contribution in [1.82, 2.24) is 0 Å². The molecule has 1 fully saturated rings. The molecule has 0 aromatic rings. The summed E-state index contributed by atoms with van der Waals surface area (Å²) in [4.78, 5) is 27.0. The highest BCUT2D eigenvalue weighted by molar-refractivity contribution is 7.47. The van der Waals surface area contributed by atoms with Crippen LogP contribution in [-0.4, -0.2) is 101 Å². The number of rotatable bonds is 8. The van der Waals surface area contributed by atoms with Crippen LogP contribution in [0, 0.1) is 0 Å². The summed E-state index contributed by atoms with van der Waals surface area (Å²) in [6.45, 7) is -1.67. The second kappa shape index (κ2) is 8.78. The largest absolute Gasteiger partial charge is 0.472 e. The number of hydrogen-bond donors (Lipinski definition) is 9. The maximum Gasteiger partial charge on any atom is 0.472 e. The van der Waals surface area contributed by atoms with Gasteiger partial charge in [-0.2, -0.15) is 0 Å². The Kier molecular flexibility index (Phi) is 8.08. The molecule has 0 aromatic carbocycles. The Balaban J connectivity index is 2.92. The van der Waals surface area contributed by atoms with Crippen LogP contribution in [-0.2, 0) is 22.7 Å². The van der Waals surface area contributed by atoms with Crippen molar-refractivity contribution in [2.45, 2.75) is 42.7 Å². The van der Waals surface area contributed by atoms with Crippen LogP contribution in [0.2, 0.25) is 0 Å². The van der Waals surface area contributed by atoms with Gasteiger partial charge in [-0.1, -0.05) is 0 Å². The number of aliphatic hydroxyl groups excluding tert-OH is 6. The molecule has 0 heterocycles. The monoisotopic (exact) mass is 414 g/mol. The molecule has 0 aliphatic heterocycles. The first kappa shape index (κ1) is 23.0. The van der Waals surface area contributed by atoms with Gasteiger partial charge in [-0.05, 0) is 0 Å².